The molecule has 128 valence electrons. The lowest BCUT2D eigenvalue weighted by molar-refractivity contribution is 0.0972. The summed E-state index contributed by atoms with van der Waals surface area (Å²) in [5.74, 6) is 0.796. The number of guanidine groups is 1. The predicted molar refractivity (Wildman–Crippen MR) is 97.7 cm³/mol. The summed E-state index contributed by atoms with van der Waals surface area (Å²) in [6.07, 6.45) is 0. The highest BCUT2D eigenvalue weighted by Gasteiger charge is 2.11. The molecule has 7 heteroatoms. The zero-order chi connectivity index (χ0) is 17.5. The third-order valence-corrected chi connectivity index (χ3v) is 4.09. The Hall–Kier alpha value is -2.28. The summed E-state index contributed by atoms with van der Waals surface area (Å²) in [7, 11) is 0. The Morgan fingerprint density at radius 2 is 2.08 bits per heavy atom. The first-order valence-corrected chi connectivity index (χ1v) is 8.48. The smallest absolute Gasteiger partial charge is 0.284 e. The van der Waals surface area contributed by atoms with Crippen molar-refractivity contribution in [2.24, 2.45) is 10.7 Å². The van der Waals surface area contributed by atoms with Crippen LogP contribution in [0.25, 0.3) is 0 Å². The fourth-order valence-corrected chi connectivity index (χ4v) is 2.81. The quantitative estimate of drug-likeness (QED) is 0.520. The largest absolute Gasteiger partial charge is 0.454 e. The predicted octanol–water partition coefficient (Wildman–Crippen LogP) is 2.96. The van der Waals surface area contributed by atoms with E-state index >= 15 is 0 Å². The highest BCUT2D eigenvalue weighted by Crippen LogP contribution is 2.22. The number of carbonyl (C=O) groups excluding carboxylic acids is 1. The minimum Gasteiger partial charge on any atom is -0.454 e. The van der Waals surface area contributed by atoms with Crippen LogP contribution in [0.3, 0.4) is 0 Å². The number of amides is 1. The van der Waals surface area contributed by atoms with Crippen LogP contribution in [0, 0.1) is 0 Å². The van der Waals surface area contributed by atoms with Crippen molar-refractivity contribution in [2.75, 3.05) is 6.54 Å². The number of hydrogen-bond donors (Lipinski definition) is 3. The van der Waals surface area contributed by atoms with Crippen molar-refractivity contribution >= 4 is 27.8 Å². The van der Waals surface area contributed by atoms with Crippen LogP contribution in [0.1, 0.15) is 41.8 Å². The first-order chi connectivity index (χ1) is 11.5. The molecule has 0 aliphatic heterocycles. The molecule has 0 spiro atoms. The van der Waals surface area contributed by atoms with E-state index in [9.17, 15) is 4.79 Å². The molecule has 4 N–H and O–H groups in total. The zero-order valence-electron chi connectivity index (χ0n) is 13.7. The summed E-state index contributed by atoms with van der Waals surface area (Å²) >= 11 is 3.56. The lowest BCUT2D eigenvalue weighted by Gasteiger charge is -2.19. The standard InChI is InChI=1S/C17H21BrN4O2/c1-3-20-17(21-10-12-8-9-15(24-12)16(19)23)22-11(2)13-6-4-5-7-14(13)18/h4-9,11H,3,10H2,1-2H3,(H2,19,23)(H2,20,21,22). The Balaban J connectivity index is 2.07. The molecule has 24 heavy (non-hydrogen) atoms. The molecule has 2 rings (SSSR count). The number of nitrogens with one attached hydrogen (secondary N) is 2. The maximum Gasteiger partial charge on any atom is 0.284 e. The van der Waals surface area contributed by atoms with Crippen LogP contribution in [-0.4, -0.2) is 18.4 Å². The van der Waals surface area contributed by atoms with Crippen molar-refractivity contribution in [3.8, 4) is 0 Å². The summed E-state index contributed by atoms with van der Waals surface area (Å²) in [4.78, 5) is 15.5. The molecular weight excluding hydrogens is 372 g/mol. The molecule has 0 saturated heterocycles. The Labute approximate surface area is 149 Å². The van der Waals surface area contributed by atoms with E-state index in [1.54, 1.807) is 12.1 Å². The average Bonchev–Trinajstić information content (AvgIpc) is 3.02. The molecule has 0 bridgehead atoms. The fourth-order valence-electron chi connectivity index (χ4n) is 2.18. The van der Waals surface area contributed by atoms with E-state index < -0.39 is 5.91 Å². The molecule has 1 heterocycles. The Bertz CT molecular complexity index is 727. The van der Waals surface area contributed by atoms with Crippen molar-refractivity contribution < 1.29 is 9.21 Å². The van der Waals surface area contributed by atoms with Gasteiger partial charge in [0.05, 0.1) is 6.04 Å². The van der Waals surface area contributed by atoms with E-state index in [0.29, 0.717) is 18.3 Å². The number of furan rings is 1. The van der Waals surface area contributed by atoms with Gasteiger partial charge in [0.2, 0.25) is 0 Å². The molecular formula is C17H21BrN4O2. The monoisotopic (exact) mass is 392 g/mol. The van der Waals surface area contributed by atoms with Gasteiger partial charge in [-0.3, -0.25) is 4.79 Å². The molecule has 0 aliphatic rings. The molecule has 1 aromatic carbocycles. The maximum atomic E-state index is 11.1. The number of aliphatic imine (C=N–C) groups is 1. The summed E-state index contributed by atoms with van der Waals surface area (Å²) in [5, 5.41) is 6.54. The second kappa shape index (κ2) is 8.54. The fraction of sp³-hybridized carbons (Fsp3) is 0.294. The Kier molecular flexibility index (Phi) is 6.43. The van der Waals surface area contributed by atoms with Gasteiger partial charge >= 0.3 is 0 Å². The number of nitrogens with zero attached hydrogens (tertiary/aromatic N) is 1. The zero-order valence-corrected chi connectivity index (χ0v) is 15.3. The molecule has 1 amide bonds. The van der Waals surface area contributed by atoms with Crippen LogP contribution in [0.5, 0.6) is 0 Å². The second-order valence-electron chi connectivity index (χ2n) is 5.21. The number of benzene rings is 1. The molecule has 2 aromatic rings. The van der Waals surface area contributed by atoms with Gasteiger partial charge in [-0.2, -0.15) is 0 Å². The highest BCUT2D eigenvalue weighted by molar-refractivity contribution is 9.10. The van der Waals surface area contributed by atoms with Crippen molar-refractivity contribution in [3.05, 3.63) is 58.0 Å². The third kappa shape index (κ3) is 4.86. The van der Waals surface area contributed by atoms with Gasteiger partial charge < -0.3 is 20.8 Å². The summed E-state index contributed by atoms with van der Waals surface area (Å²) in [6.45, 7) is 5.11. The second-order valence-corrected chi connectivity index (χ2v) is 6.07. The molecule has 0 radical (unpaired) electrons. The van der Waals surface area contributed by atoms with E-state index in [0.717, 1.165) is 16.6 Å². The summed E-state index contributed by atoms with van der Waals surface area (Å²) in [6, 6.07) is 11.4. The van der Waals surface area contributed by atoms with Crippen molar-refractivity contribution in [1.29, 1.82) is 0 Å². The first kappa shape index (κ1) is 18.1. The number of primary amides is 1. The van der Waals surface area contributed by atoms with E-state index in [-0.39, 0.29) is 11.8 Å². The molecule has 0 saturated carbocycles. The number of nitrogens with two attached hydrogens (primary N) is 1. The third-order valence-electron chi connectivity index (χ3n) is 3.37. The van der Waals surface area contributed by atoms with E-state index in [4.69, 9.17) is 10.2 Å². The molecule has 1 atom stereocenters. The van der Waals surface area contributed by atoms with Crippen LogP contribution >= 0.6 is 15.9 Å². The number of carbonyl (C=O) groups is 1. The maximum absolute atomic E-state index is 11.1. The van der Waals surface area contributed by atoms with Crippen LogP contribution in [0.15, 0.2) is 50.3 Å². The van der Waals surface area contributed by atoms with Gasteiger partial charge in [-0.05, 0) is 37.6 Å². The average molecular weight is 393 g/mol. The van der Waals surface area contributed by atoms with Crippen LogP contribution in [0.4, 0.5) is 0 Å². The minimum absolute atomic E-state index is 0.0659. The van der Waals surface area contributed by atoms with Crippen molar-refractivity contribution in [2.45, 2.75) is 26.4 Å². The number of rotatable bonds is 6. The number of halogens is 1. The van der Waals surface area contributed by atoms with E-state index in [1.807, 2.05) is 25.1 Å². The summed E-state index contributed by atoms with van der Waals surface area (Å²) < 4.78 is 6.38. The highest BCUT2D eigenvalue weighted by atomic mass is 79.9. The van der Waals surface area contributed by atoms with Gasteiger partial charge in [0.1, 0.15) is 12.3 Å². The van der Waals surface area contributed by atoms with E-state index in [2.05, 4.69) is 44.5 Å². The van der Waals surface area contributed by atoms with Gasteiger partial charge in [0, 0.05) is 11.0 Å². The molecule has 0 aliphatic carbocycles. The van der Waals surface area contributed by atoms with Crippen LogP contribution < -0.4 is 16.4 Å². The Morgan fingerprint density at radius 3 is 2.71 bits per heavy atom. The van der Waals surface area contributed by atoms with Gasteiger partial charge in [-0.25, -0.2) is 4.99 Å². The van der Waals surface area contributed by atoms with E-state index in [1.165, 1.54) is 0 Å². The van der Waals surface area contributed by atoms with Crippen molar-refractivity contribution in [1.82, 2.24) is 10.6 Å². The minimum atomic E-state index is -0.585. The van der Waals surface area contributed by atoms with Crippen LogP contribution in [-0.2, 0) is 6.54 Å². The number of hydrogen-bond acceptors (Lipinski definition) is 3. The summed E-state index contributed by atoms with van der Waals surface area (Å²) in [5.41, 5.74) is 6.31. The molecule has 6 nitrogen and oxygen atoms in total. The SMILES string of the molecule is CCNC(=NCc1ccc(C(N)=O)o1)NC(C)c1ccccc1Br. The van der Waals surface area contributed by atoms with Gasteiger partial charge in [0.25, 0.3) is 5.91 Å². The van der Waals surface area contributed by atoms with Gasteiger partial charge in [-0.1, -0.05) is 34.1 Å². The molecule has 1 unspecified atom stereocenters. The lowest BCUT2D eigenvalue weighted by Crippen LogP contribution is -2.38. The van der Waals surface area contributed by atoms with Gasteiger partial charge in [-0.15, -0.1) is 0 Å². The molecule has 1 aromatic heterocycles. The topological polar surface area (TPSA) is 92.6 Å². The van der Waals surface area contributed by atoms with Gasteiger partial charge in [0.15, 0.2) is 11.7 Å². The Morgan fingerprint density at radius 1 is 1.33 bits per heavy atom. The van der Waals surface area contributed by atoms with Crippen molar-refractivity contribution in [3.63, 3.8) is 0 Å². The first-order valence-electron chi connectivity index (χ1n) is 7.69. The normalized spacial score (nSPS) is 12.7. The van der Waals surface area contributed by atoms with Crippen LogP contribution in [0.2, 0.25) is 0 Å². The lowest BCUT2D eigenvalue weighted by atomic mass is 10.1. The molecule has 0 fully saturated rings.